The lowest BCUT2D eigenvalue weighted by atomic mass is 10.2. The van der Waals surface area contributed by atoms with Gasteiger partial charge in [0, 0.05) is 18.7 Å². The van der Waals surface area contributed by atoms with Gasteiger partial charge in [-0.1, -0.05) is 29.4 Å². The number of methoxy groups -OCH3 is 1. The van der Waals surface area contributed by atoms with Crippen LogP contribution in [0.1, 0.15) is 0 Å². The van der Waals surface area contributed by atoms with Crippen molar-refractivity contribution in [2.24, 2.45) is 0 Å². The number of morpholine rings is 1. The molecule has 1 fully saturated rings. The largest absolute Gasteiger partial charge is 0.496 e. The Morgan fingerprint density at radius 1 is 1.14 bits per heavy atom. The van der Waals surface area contributed by atoms with Gasteiger partial charge in [-0.05, 0) is 24.3 Å². The van der Waals surface area contributed by atoms with Crippen LogP contribution in [0.4, 0.5) is 0 Å². The molecule has 0 N–H and O–H groups in total. The SMILES string of the molecule is COc1ccccc1-c1nc(-c2cccc(OCC(=O)N3CCOCC3)c2)no1. The van der Waals surface area contributed by atoms with E-state index in [1.54, 1.807) is 24.1 Å². The number of aromatic nitrogens is 2. The maximum atomic E-state index is 12.2. The first-order valence-electron chi connectivity index (χ1n) is 9.30. The first-order valence-corrected chi connectivity index (χ1v) is 9.30. The van der Waals surface area contributed by atoms with Crippen molar-refractivity contribution in [2.75, 3.05) is 40.0 Å². The van der Waals surface area contributed by atoms with Crippen LogP contribution >= 0.6 is 0 Å². The van der Waals surface area contributed by atoms with Gasteiger partial charge in [-0.3, -0.25) is 4.79 Å². The minimum Gasteiger partial charge on any atom is -0.496 e. The van der Waals surface area contributed by atoms with Gasteiger partial charge in [0.2, 0.25) is 5.82 Å². The van der Waals surface area contributed by atoms with Gasteiger partial charge in [-0.2, -0.15) is 4.98 Å². The molecular weight excluding hydrogens is 374 g/mol. The number of carbonyl (C=O) groups is 1. The normalized spacial score (nSPS) is 13.9. The molecule has 3 aromatic rings. The molecule has 1 saturated heterocycles. The highest BCUT2D eigenvalue weighted by molar-refractivity contribution is 5.78. The van der Waals surface area contributed by atoms with Crippen LogP contribution in [0.2, 0.25) is 0 Å². The van der Waals surface area contributed by atoms with Crippen molar-refractivity contribution >= 4 is 5.91 Å². The van der Waals surface area contributed by atoms with Crippen molar-refractivity contribution in [2.45, 2.75) is 0 Å². The van der Waals surface area contributed by atoms with Crippen molar-refractivity contribution in [3.63, 3.8) is 0 Å². The number of rotatable bonds is 6. The summed E-state index contributed by atoms with van der Waals surface area (Å²) in [5.74, 6) is 1.95. The third-order valence-electron chi connectivity index (χ3n) is 4.58. The monoisotopic (exact) mass is 395 g/mol. The molecule has 1 aliphatic heterocycles. The number of amides is 1. The standard InChI is InChI=1S/C21H21N3O5/c1-26-18-8-3-2-7-17(18)21-22-20(23-29-21)15-5-4-6-16(13-15)28-14-19(25)24-9-11-27-12-10-24/h2-8,13H,9-12,14H2,1H3. The van der Waals surface area contributed by atoms with Crippen molar-refractivity contribution in [3.05, 3.63) is 48.5 Å². The molecule has 0 bridgehead atoms. The van der Waals surface area contributed by atoms with Crippen LogP contribution in [0.15, 0.2) is 53.1 Å². The molecular formula is C21H21N3O5. The highest BCUT2D eigenvalue weighted by Gasteiger charge is 2.18. The molecule has 0 unspecified atom stereocenters. The summed E-state index contributed by atoms with van der Waals surface area (Å²) in [6.45, 7) is 2.29. The summed E-state index contributed by atoms with van der Waals surface area (Å²) in [7, 11) is 1.59. The van der Waals surface area contributed by atoms with E-state index in [4.69, 9.17) is 18.7 Å². The van der Waals surface area contributed by atoms with E-state index in [0.717, 1.165) is 11.1 Å². The van der Waals surface area contributed by atoms with Crippen LogP contribution in [0, 0.1) is 0 Å². The Morgan fingerprint density at radius 2 is 1.97 bits per heavy atom. The van der Waals surface area contributed by atoms with Crippen molar-refractivity contribution in [1.29, 1.82) is 0 Å². The number of benzene rings is 2. The Bertz CT molecular complexity index is 982. The van der Waals surface area contributed by atoms with E-state index in [9.17, 15) is 4.79 Å². The second kappa shape index (κ2) is 8.74. The minimum absolute atomic E-state index is 0.0256. The summed E-state index contributed by atoms with van der Waals surface area (Å²) in [4.78, 5) is 18.4. The van der Waals surface area contributed by atoms with Gasteiger partial charge in [0.15, 0.2) is 6.61 Å². The number of nitrogens with zero attached hydrogens (tertiary/aromatic N) is 3. The van der Waals surface area contributed by atoms with Crippen LogP contribution in [-0.4, -0.2) is 61.0 Å². The molecule has 2 heterocycles. The predicted octanol–water partition coefficient (Wildman–Crippen LogP) is 2.65. The minimum atomic E-state index is -0.0586. The van der Waals surface area contributed by atoms with E-state index >= 15 is 0 Å². The number of carbonyl (C=O) groups excluding carboxylic acids is 1. The van der Waals surface area contributed by atoms with E-state index < -0.39 is 0 Å². The number of ether oxygens (including phenoxy) is 3. The number of hydrogen-bond donors (Lipinski definition) is 0. The Hall–Kier alpha value is -3.39. The van der Waals surface area contributed by atoms with Gasteiger partial charge < -0.3 is 23.6 Å². The fourth-order valence-corrected chi connectivity index (χ4v) is 3.05. The first kappa shape index (κ1) is 18.9. The van der Waals surface area contributed by atoms with Gasteiger partial charge in [-0.15, -0.1) is 0 Å². The van der Waals surface area contributed by atoms with Crippen LogP contribution in [0.25, 0.3) is 22.8 Å². The molecule has 2 aromatic carbocycles. The quantitative estimate of drug-likeness (QED) is 0.634. The lowest BCUT2D eigenvalue weighted by Crippen LogP contribution is -2.42. The Morgan fingerprint density at radius 3 is 2.79 bits per heavy atom. The number of hydrogen-bond acceptors (Lipinski definition) is 7. The van der Waals surface area contributed by atoms with Crippen LogP contribution in [-0.2, 0) is 9.53 Å². The Balaban J connectivity index is 1.46. The summed E-state index contributed by atoms with van der Waals surface area (Å²) < 4.78 is 21.7. The molecule has 4 rings (SSSR count). The van der Waals surface area contributed by atoms with E-state index in [1.807, 2.05) is 36.4 Å². The smallest absolute Gasteiger partial charge is 0.262 e. The molecule has 0 saturated carbocycles. The summed E-state index contributed by atoms with van der Waals surface area (Å²) in [6.07, 6.45) is 0. The van der Waals surface area contributed by atoms with Gasteiger partial charge >= 0.3 is 0 Å². The average Bonchev–Trinajstić information content (AvgIpc) is 3.28. The van der Waals surface area contributed by atoms with E-state index in [2.05, 4.69) is 10.1 Å². The summed E-state index contributed by atoms with van der Waals surface area (Å²) >= 11 is 0. The summed E-state index contributed by atoms with van der Waals surface area (Å²) in [5, 5.41) is 4.06. The van der Waals surface area contributed by atoms with Crippen LogP contribution in [0.5, 0.6) is 11.5 Å². The molecule has 1 aromatic heterocycles. The van der Waals surface area contributed by atoms with Crippen LogP contribution < -0.4 is 9.47 Å². The fraction of sp³-hybridized carbons (Fsp3) is 0.286. The first-order chi connectivity index (χ1) is 14.2. The molecule has 0 radical (unpaired) electrons. The third-order valence-corrected chi connectivity index (χ3v) is 4.58. The van der Waals surface area contributed by atoms with Crippen molar-refractivity contribution in [3.8, 4) is 34.3 Å². The van der Waals surface area contributed by atoms with E-state index in [0.29, 0.717) is 49.5 Å². The molecule has 0 spiro atoms. The van der Waals surface area contributed by atoms with Gasteiger partial charge in [0.1, 0.15) is 11.5 Å². The topological polar surface area (TPSA) is 86.9 Å². The van der Waals surface area contributed by atoms with Gasteiger partial charge in [0.05, 0.1) is 25.9 Å². The maximum Gasteiger partial charge on any atom is 0.262 e. The molecule has 1 aliphatic rings. The zero-order chi connectivity index (χ0) is 20.1. The molecule has 8 heteroatoms. The molecule has 1 amide bonds. The lowest BCUT2D eigenvalue weighted by Gasteiger charge is -2.26. The third kappa shape index (κ3) is 4.38. The zero-order valence-corrected chi connectivity index (χ0v) is 16.0. The zero-order valence-electron chi connectivity index (χ0n) is 16.0. The van der Waals surface area contributed by atoms with Crippen LogP contribution in [0.3, 0.4) is 0 Å². The highest BCUT2D eigenvalue weighted by atomic mass is 16.5. The second-order valence-electron chi connectivity index (χ2n) is 6.43. The summed E-state index contributed by atoms with van der Waals surface area (Å²) in [6, 6.07) is 14.7. The average molecular weight is 395 g/mol. The van der Waals surface area contributed by atoms with Crippen molar-refractivity contribution < 1.29 is 23.5 Å². The molecule has 0 aliphatic carbocycles. The molecule has 150 valence electrons. The maximum absolute atomic E-state index is 12.2. The second-order valence-corrected chi connectivity index (χ2v) is 6.43. The lowest BCUT2D eigenvalue weighted by molar-refractivity contribution is -0.137. The van der Waals surface area contributed by atoms with E-state index in [-0.39, 0.29) is 12.5 Å². The molecule has 0 atom stereocenters. The molecule has 8 nitrogen and oxygen atoms in total. The fourth-order valence-electron chi connectivity index (χ4n) is 3.05. The van der Waals surface area contributed by atoms with Gasteiger partial charge in [0.25, 0.3) is 11.8 Å². The summed E-state index contributed by atoms with van der Waals surface area (Å²) in [5.41, 5.74) is 1.45. The highest BCUT2D eigenvalue weighted by Crippen LogP contribution is 2.30. The van der Waals surface area contributed by atoms with Crippen molar-refractivity contribution in [1.82, 2.24) is 15.0 Å². The molecule has 29 heavy (non-hydrogen) atoms. The van der Waals surface area contributed by atoms with Gasteiger partial charge in [-0.25, -0.2) is 0 Å². The Labute approximate surface area is 168 Å². The number of para-hydroxylation sites is 1. The Kier molecular flexibility index (Phi) is 5.71. The predicted molar refractivity (Wildman–Crippen MR) is 105 cm³/mol. The van der Waals surface area contributed by atoms with E-state index in [1.165, 1.54) is 0 Å².